The second-order valence-electron chi connectivity index (χ2n) is 6.24. The van der Waals surface area contributed by atoms with Crippen molar-refractivity contribution in [3.8, 4) is 0 Å². The Labute approximate surface area is 103 Å². The van der Waals surface area contributed by atoms with Crippen LogP contribution >= 0.6 is 0 Å². The lowest BCUT2D eigenvalue weighted by molar-refractivity contribution is 0.345. The van der Waals surface area contributed by atoms with E-state index in [1.165, 1.54) is 77.0 Å². The summed E-state index contributed by atoms with van der Waals surface area (Å²) in [6.07, 6.45) is 18.0. The maximum atomic E-state index is 2.34. The van der Waals surface area contributed by atoms with Crippen LogP contribution in [0.15, 0.2) is 0 Å². The molecule has 0 aromatic heterocycles. The summed E-state index contributed by atoms with van der Waals surface area (Å²) in [5, 5.41) is 0. The second-order valence-corrected chi connectivity index (χ2v) is 6.24. The molecule has 0 N–H and O–H groups in total. The lowest BCUT2D eigenvalue weighted by Crippen LogP contribution is -2.03. The normalized spacial score (nSPS) is 19.7. The molecule has 0 saturated heterocycles. The van der Waals surface area contributed by atoms with Gasteiger partial charge in [0, 0.05) is 0 Å². The number of rotatable bonds is 6. The van der Waals surface area contributed by atoms with Gasteiger partial charge in [-0.3, -0.25) is 0 Å². The predicted molar refractivity (Wildman–Crippen MR) is 73.7 cm³/mol. The third kappa shape index (κ3) is 7.30. The van der Waals surface area contributed by atoms with E-state index in [0.717, 1.165) is 11.8 Å². The molecule has 96 valence electrons. The van der Waals surface area contributed by atoms with Crippen LogP contribution < -0.4 is 0 Å². The molecule has 1 fully saturated rings. The average Bonchev–Trinajstić information content (AvgIpc) is 2.19. The van der Waals surface area contributed by atoms with Crippen molar-refractivity contribution in [1.82, 2.24) is 0 Å². The van der Waals surface area contributed by atoms with E-state index >= 15 is 0 Å². The Bertz CT molecular complexity index is 140. The number of hydrogen-bond donors (Lipinski definition) is 0. The molecule has 0 spiro atoms. The van der Waals surface area contributed by atoms with Crippen molar-refractivity contribution in [3.63, 3.8) is 0 Å². The molecule has 0 amide bonds. The Morgan fingerprint density at radius 2 is 1.44 bits per heavy atom. The highest BCUT2D eigenvalue weighted by atomic mass is 14.2. The average molecular weight is 224 g/mol. The molecule has 1 rings (SSSR count). The molecule has 0 atom stereocenters. The first-order valence-electron chi connectivity index (χ1n) is 7.79. The van der Waals surface area contributed by atoms with Crippen LogP contribution in [0.2, 0.25) is 0 Å². The van der Waals surface area contributed by atoms with Crippen LogP contribution in [-0.2, 0) is 0 Å². The summed E-state index contributed by atoms with van der Waals surface area (Å²) < 4.78 is 0. The van der Waals surface area contributed by atoms with E-state index in [9.17, 15) is 0 Å². The molecule has 0 heteroatoms. The molecule has 0 heterocycles. The minimum absolute atomic E-state index is 0.904. The fourth-order valence-corrected chi connectivity index (χ4v) is 2.99. The van der Waals surface area contributed by atoms with Crippen LogP contribution in [0.25, 0.3) is 0 Å². The molecule has 0 aromatic carbocycles. The first kappa shape index (κ1) is 14.1. The monoisotopic (exact) mass is 224 g/mol. The van der Waals surface area contributed by atoms with E-state index in [1.54, 1.807) is 0 Å². The van der Waals surface area contributed by atoms with Crippen LogP contribution in [0.3, 0.4) is 0 Å². The van der Waals surface area contributed by atoms with Crippen LogP contribution in [0.1, 0.15) is 90.9 Å². The Morgan fingerprint density at radius 3 is 2.06 bits per heavy atom. The van der Waals surface area contributed by atoms with Crippen molar-refractivity contribution in [1.29, 1.82) is 0 Å². The molecule has 0 aliphatic heterocycles. The molecular weight excluding hydrogens is 192 g/mol. The van der Waals surface area contributed by atoms with Gasteiger partial charge in [-0.2, -0.15) is 0 Å². The molecule has 1 aliphatic rings. The van der Waals surface area contributed by atoms with Gasteiger partial charge in [0.1, 0.15) is 0 Å². The smallest absolute Gasteiger partial charge is 0.0414 e. The summed E-state index contributed by atoms with van der Waals surface area (Å²) in [5.74, 6) is 1.99. The van der Waals surface area contributed by atoms with Gasteiger partial charge in [0.2, 0.25) is 0 Å². The van der Waals surface area contributed by atoms with Gasteiger partial charge in [-0.15, -0.1) is 0 Å². The number of hydrogen-bond acceptors (Lipinski definition) is 0. The van der Waals surface area contributed by atoms with E-state index in [-0.39, 0.29) is 0 Å². The molecule has 0 aromatic rings. The molecular formula is C16H32. The minimum Gasteiger partial charge on any atom is -0.0628 e. The maximum Gasteiger partial charge on any atom is -0.0414 e. The van der Waals surface area contributed by atoms with Crippen LogP contribution in [-0.4, -0.2) is 0 Å². The zero-order chi connectivity index (χ0) is 11.6. The minimum atomic E-state index is 0.904. The van der Waals surface area contributed by atoms with Gasteiger partial charge < -0.3 is 0 Å². The fourth-order valence-electron chi connectivity index (χ4n) is 2.99. The van der Waals surface area contributed by atoms with Crippen molar-refractivity contribution < 1.29 is 0 Å². The summed E-state index contributed by atoms with van der Waals surface area (Å²) in [4.78, 5) is 0. The maximum absolute atomic E-state index is 2.34. The van der Waals surface area contributed by atoms with Crippen LogP contribution in [0.4, 0.5) is 0 Å². The lowest BCUT2D eigenvalue weighted by atomic mass is 9.87. The van der Waals surface area contributed by atoms with Crippen molar-refractivity contribution in [2.75, 3.05) is 0 Å². The van der Waals surface area contributed by atoms with Crippen LogP contribution in [0, 0.1) is 11.8 Å². The highest BCUT2D eigenvalue weighted by molar-refractivity contribution is 4.64. The van der Waals surface area contributed by atoms with Crippen molar-refractivity contribution in [2.24, 2.45) is 11.8 Å². The molecule has 1 saturated carbocycles. The highest BCUT2D eigenvalue weighted by Gasteiger charge is 2.10. The third-order valence-corrected chi connectivity index (χ3v) is 4.12. The molecule has 16 heavy (non-hydrogen) atoms. The molecule has 1 aliphatic carbocycles. The van der Waals surface area contributed by atoms with Gasteiger partial charge >= 0.3 is 0 Å². The van der Waals surface area contributed by atoms with E-state index < -0.39 is 0 Å². The van der Waals surface area contributed by atoms with Gasteiger partial charge in [0.05, 0.1) is 0 Å². The standard InChI is InChI=1S/C16H32/c1-15(2)11-7-6-10-14-16-12-8-4-3-5-9-13-16/h15-16H,3-14H2,1-2H3. The first-order chi connectivity index (χ1) is 7.79. The van der Waals surface area contributed by atoms with Gasteiger partial charge in [0.25, 0.3) is 0 Å². The quantitative estimate of drug-likeness (QED) is 0.489. The van der Waals surface area contributed by atoms with E-state index in [0.29, 0.717) is 0 Å². The molecule has 0 unspecified atom stereocenters. The summed E-state index contributed by atoms with van der Waals surface area (Å²) in [6, 6.07) is 0. The van der Waals surface area contributed by atoms with Crippen LogP contribution in [0.5, 0.6) is 0 Å². The zero-order valence-corrected chi connectivity index (χ0v) is 11.6. The Balaban J connectivity index is 1.97. The van der Waals surface area contributed by atoms with Crippen molar-refractivity contribution >= 4 is 0 Å². The Hall–Kier alpha value is 0. The summed E-state index contributed by atoms with van der Waals surface area (Å²) in [5.41, 5.74) is 0. The Kier molecular flexibility index (Phi) is 7.98. The Morgan fingerprint density at radius 1 is 0.812 bits per heavy atom. The zero-order valence-electron chi connectivity index (χ0n) is 11.6. The summed E-state index contributed by atoms with van der Waals surface area (Å²) >= 11 is 0. The summed E-state index contributed by atoms with van der Waals surface area (Å²) in [6.45, 7) is 4.68. The van der Waals surface area contributed by atoms with Gasteiger partial charge in [-0.25, -0.2) is 0 Å². The largest absolute Gasteiger partial charge is 0.0628 e. The highest BCUT2D eigenvalue weighted by Crippen LogP contribution is 2.26. The van der Waals surface area contributed by atoms with E-state index in [4.69, 9.17) is 0 Å². The lowest BCUT2D eigenvalue weighted by Gasteiger charge is -2.19. The van der Waals surface area contributed by atoms with Crippen molar-refractivity contribution in [3.05, 3.63) is 0 Å². The topological polar surface area (TPSA) is 0 Å². The second kappa shape index (κ2) is 9.07. The molecule has 0 bridgehead atoms. The van der Waals surface area contributed by atoms with Crippen molar-refractivity contribution in [2.45, 2.75) is 90.9 Å². The van der Waals surface area contributed by atoms with E-state index in [2.05, 4.69) is 13.8 Å². The number of unbranched alkanes of at least 4 members (excludes halogenated alkanes) is 2. The van der Waals surface area contributed by atoms with Gasteiger partial charge in [0.15, 0.2) is 0 Å². The SMILES string of the molecule is CC(C)CCCCCC1CCCCCCC1. The molecule has 0 radical (unpaired) electrons. The molecule has 0 nitrogen and oxygen atoms in total. The third-order valence-electron chi connectivity index (χ3n) is 4.12. The predicted octanol–water partition coefficient (Wildman–Crippen LogP) is 5.95. The first-order valence-corrected chi connectivity index (χ1v) is 7.79. The van der Waals surface area contributed by atoms with Gasteiger partial charge in [-0.05, 0) is 11.8 Å². The fraction of sp³-hybridized carbons (Fsp3) is 1.00. The van der Waals surface area contributed by atoms with Gasteiger partial charge in [-0.1, -0.05) is 90.9 Å². The van der Waals surface area contributed by atoms with E-state index in [1.807, 2.05) is 0 Å². The summed E-state index contributed by atoms with van der Waals surface area (Å²) in [7, 11) is 0.